The van der Waals surface area contributed by atoms with Gasteiger partial charge in [-0.05, 0) is 36.8 Å². The lowest BCUT2D eigenvalue weighted by molar-refractivity contribution is 0.102. The van der Waals surface area contributed by atoms with Crippen LogP contribution in [0, 0.1) is 18.6 Å². The average Bonchev–Trinajstić information content (AvgIpc) is 2.44. The zero-order valence-corrected chi connectivity index (χ0v) is 13.2. The second-order valence-electron chi connectivity index (χ2n) is 4.90. The lowest BCUT2D eigenvalue weighted by Gasteiger charge is -2.13. The first kappa shape index (κ1) is 16.9. The monoisotopic (exact) mass is 340 g/mol. The van der Waals surface area contributed by atoms with Crippen molar-refractivity contribution in [3.8, 4) is 0 Å². The minimum absolute atomic E-state index is 0.0984. The Morgan fingerprint density at radius 3 is 2.17 bits per heavy atom. The number of amides is 1. The second kappa shape index (κ2) is 6.33. The molecule has 0 fully saturated rings. The van der Waals surface area contributed by atoms with E-state index >= 15 is 0 Å². The standard InChI is InChI=1S/C15H14F2N2O3S/c1-9-10(5-3-8-13(9)19-23(2,21)22)15(20)18-14-11(16)6-4-7-12(14)17/h3-8,19H,1-2H3,(H,18,20). The topological polar surface area (TPSA) is 75.3 Å². The van der Waals surface area contributed by atoms with Crippen LogP contribution in [0.1, 0.15) is 15.9 Å². The van der Waals surface area contributed by atoms with Gasteiger partial charge in [-0.3, -0.25) is 9.52 Å². The van der Waals surface area contributed by atoms with E-state index in [0.29, 0.717) is 5.56 Å². The summed E-state index contributed by atoms with van der Waals surface area (Å²) in [6.07, 6.45) is 0.980. The van der Waals surface area contributed by atoms with Gasteiger partial charge in [-0.25, -0.2) is 17.2 Å². The molecule has 0 spiro atoms. The molecule has 122 valence electrons. The van der Waals surface area contributed by atoms with Crippen molar-refractivity contribution in [2.75, 3.05) is 16.3 Å². The van der Waals surface area contributed by atoms with Gasteiger partial charge in [-0.15, -0.1) is 0 Å². The molecule has 0 aliphatic heterocycles. The van der Waals surface area contributed by atoms with E-state index in [4.69, 9.17) is 0 Å². The summed E-state index contributed by atoms with van der Waals surface area (Å²) in [7, 11) is -3.52. The zero-order chi connectivity index (χ0) is 17.2. The molecule has 0 unspecified atom stereocenters. The van der Waals surface area contributed by atoms with Gasteiger partial charge in [0.05, 0.1) is 11.9 Å². The largest absolute Gasteiger partial charge is 0.317 e. The smallest absolute Gasteiger partial charge is 0.256 e. The van der Waals surface area contributed by atoms with Crippen molar-refractivity contribution in [1.82, 2.24) is 0 Å². The van der Waals surface area contributed by atoms with Crippen LogP contribution >= 0.6 is 0 Å². The maximum atomic E-state index is 13.6. The summed E-state index contributed by atoms with van der Waals surface area (Å²) < 4.78 is 52.0. The highest BCUT2D eigenvalue weighted by Crippen LogP contribution is 2.23. The van der Waals surface area contributed by atoms with Crippen molar-refractivity contribution >= 4 is 27.3 Å². The first-order valence-corrected chi connectivity index (χ1v) is 8.41. The van der Waals surface area contributed by atoms with Gasteiger partial charge in [0.25, 0.3) is 5.91 Å². The van der Waals surface area contributed by atoms with Crippen LogP contribution in [0.2, 0.25) is 0 Å². The number of hydrogen-bond acceptors (Lipinski definition) is 3. The Hall–Kier alpha value is -2.48. The fourth-order valence-electron chi connectivity index (χ4n) is 1.99. The molecular weight excluding hydrogens is 326 g/mol. The van der Waals surface area contributed by atoms with Crippen LogP contribution in [0.15, 0.2) is 36.4 Å². The maximum absolute atomic E-state index is 13.6. The molecule has 8 heteroatoms. The van der Waals surface area contributed by atoms with Crippen LogP contribution < -0.4 is 10.0 Å². The van der Waals surface area contributed by atoms with Crippen molar-refractivity contribution in [2.24, 2.45) is 0 Å². The van der Waals surface area contributed by atoms with E-state index in [1.807, 2.05) is 0 Å². The normalized spacial score (nSPS) is 11.1. The minimum atomic E-state index is -3.52. The van der Waals surface area contributed by atoms with E-state index in [0.717, 1.165) is 18.4 Å². The van der Waals surface area contributed by atoms with Crippen molar-refractivity contribution in [3.05, 3.63) is 59.2 Å². The van der Waals surface area contributed by atoms with E-state index in [1.165, 1.54) is 31.2 Å². The summed E-state index contributed by atoms with van der Waals surface area (Å²) in [6.45, 7) is 1.53. The third-order valence-electron chi connectivity index (χ3n) is 3.08. The van der Waals surface area contributed by atoms with Crippen LogP contribution in [-0.4, -0.2) is 20.6 Å². The Morgan fingerprint density at radius 2 is 1.61 bits per heavy atom. The van der Waals surface area contributed by atoms with Gasteiger partial charge in [0, 0.05) is 5.56 Å². The summed E-state index contributed by atoms with van der Waals surface area (Å²) in [5, 5.41) is 2.16. The summed E-state index contributed by atoms with van der Waals surface area (Å²) in [4.78, 5) is 12.2. The van der Waals surface area contributed by atoms with Crippen molar-refractivity contribution in [2.45, 2.75) is 6.92 Å². The van der Waals surface area contributed by atoms with Crippen molar-refractivity contribution in [1.29, 1.82) is 0 Å². The summed E-state index contributed by atoms with van der Waals surface area (Å²) in [5.74, 6) is -2.55. The Bertz CT molecular complexity index is 847. The number of nitrogens with one attached hydrogen (secondary N) is 2. The summed E-state index contributed by atoms with van der Waals surface area (Å²) in [5.41, 5.74) is 0.0982. The Labute approximate surface area is 132 Å². The number of carbonyl (C=O) groups excluding carboxylic acids is 1. The van der Waals surface area contributed by atoms with Crippen molar-refractivity contribution in [3.63, 3.8) is 0 Å². The molecule has 0 saturated heterocycles. The maximum Gasteiger partial charge on any atom is 0.256 e. The highest BCUT2D eigenvalue weighted by atomic mass is 32.2. The third-order valence-corrected chi connectivity index (χ3v) is 3.67. The molecule has 2 N–H and O–H groups in total. The molecule has 0 atom stereocenters. The van der Waals surface area contributed by atoms with Gasteiger partial charge in [0.1, 0.15) is 17.3 Å². The number of carbonyl (C=O) groups is 1. The van der Waals surface area contributed by atoms with Crippen LogP contribution in [0.3, 0.4) is 0 Å². The van der Waals surface area contributed by atoms with Crippen LogP contribution in [0.5, 0.6) is 0 Å². The Balaban J connectivity index is 2.35. The molecule has 23 heavy (non-hydrogen) atoms. The third kappa shape index (κ3) is 4.04. The first-order chi connectivity index (χ1) is 10.7. The number of anilines is 2. The molecule has 0 bridgehead atoms. The minimum Gasteiger partial charge on any atom is -0.317 e. The zero-order valence-electron chi connectivity index (χ0n) is 12.4. The number of sulfonamides is 1. The van der Waals surface area contributed by atoms with Gasteiger partial charge in [-0.1, -0.05) is 12.1 Å². The quantitative estimate of drug-likeness (QED) is 0.899. The Kier molecular flexibility index (Phi) is 4.65. The first-order valence-electron chi connectivity index (χ1n) is 6.52. The lowest BCUT2D eigenvalue weighted by atomic mass is 10.1. The number of hydrogen-bond donors (Lipinski definition) is 2. The van der Waals surface area contributed by atoms with Crippen LogP contribution in [-0.2, 0) is 10.0 Å². The predicted molar refractivity (Wildman–Crippen MR) is 84.0 cm³/mol. The van der Waals surface area contributed by atoms with E-state index in [2.05, 4.69) is 10.0 Å². The fourth-order valence-corrected chi connectivity index (χ4v) is 2.61. The summed E-state index contributed by atoms with van der Waals surface area (Å²) >= 11 is 0. The average molecular weight is 340 g/mol. The number of para-hydroxylation sites is 1. The van der Waals surface area contributed by atoms with E-state index < -0.39 is 33.3 Å². The molecule has 2 aromatic rings. The Morgan fingerprint density at radius 1 is 1.04 bits per heavy atom. The molecule has 0 heterocycles. The fraction of sp³-hybridized carbons (Fsp3) is 0.133. The molecule has 0 aliphatic rings. The molecule has 1 amide bonds. The highest BCUT2D eigenvalue weighted by Gasteiger charge is 2.17. The van der Waals surface area contributed by atoms with Gasteiger partial charge >= 0.3 is 0 Å². The van der Waals surface area contributed by atoms with E-state index in [-0.39, 0.29) is 11.3 Å². The molecule has 0 saturated carbocycles. The van der Waals surface area contributed by atoms with Gasteiger partial charge in [0.15, 0.2) is 0 Å². The second-order valence-corrected chi connectivity index (χ2v) is 6.65. The van der Waals surface area contributed by atoms with E-state index in [1.54, 1.807) is 0 Å². The number of halogens is 2. The molecular formula is C15H14F2N2O3S. The van der Waals surface area contributed by atoms with E-state index in [9.17, 15) is 22.0 Å². The number of rotatable bonds is 4. The molecule has 0 aromatic heterocycles. The highest BCUT2D eigenvalue weighted by molar-refractivity contribution is 7.92. The van der Waals surface area contributed by atoms with Gasteiger partial charge < -0.3 is 5.32 Å². The molecule has 2 rings (SSSR count). The molecule has 0 aliphatic carbocycles. The van der Waals surface area contributed by atoms with Gasteiger partial charge in [-0.2, -0.15) is 0 Å². The summed E-state index contributed by atoms with van der Waals surface area (Å²) in [6, 6.07) is 7.60. The lowest BCUT2D eigenvalue weighted by Crippen LogP contribution is -2.17. The predicted octanol–water partition coefficient (Wildman–Crippen LogP) is 2.90. The van der Waals surface area contributed by atoms with Crippen molar-refractivity contribution < 1.29 is 22.0 Å². The van der Waals surface area contributed by atoms with Gasteiger partial charge in [0.2, 0.25) is 10.0 Å². The van der Waals surface area contributed by atoms with Crippen LogP contribution in [0.25, 0.3) is 0 Å². The molecule has 5 nitrogen and oxygen atoms in total. The number of benzene rings is 2. The SMILES string of the molecule is Cc1c(NS(C)(=O)=O)cccc1C(=O)Nc1c(F)cccc1F. The van der Waals surface area contributed by atoms with Crippen LogP contribution in [0.4, 0.5) is 20.2 Å². The molecule has 2 aromatic carbocycles. The molecule has 0 radical (unpaired) electrons.